The highest BCUT2D eigenvalue weighted by atomic mass is 16.4. The number of fused-ring (bicyclic) bond motifs is 2. The van der Waals surface area contributed by atoms with Gasteiger partial charge in [-0.1, -0.05) is 0 Å². The van der Waals surface area contributed by atoms with Gasteiger partial charge in [0.2, 0.25) is 0 Å². The molecule has 2 rings (SSSR count). The maximum absolute atomic E-state index is 11.0. The average molecular weight is 155 g/mol. The first-order chi connectivity index (χ1) is 5.18. The molecule has 4 heteroatoms. The Kier molecular flexibility index (Phi) is 1.19. The number of hydrogen-bond acceptors (Lipinski definition) is 2. The Morgan fingerprint density at radius 2 is 2.36 bits per heavy atom. The highest BCUT2D eigenvalue weighted by molar-refractivity contribution is 5.87. The van der Waals surface area contributed by atoms with Crippen LogP contribution in [0.5, 0.6) is 0 Å². The van der Waals surface area contributed by atoms with E-state index in [9.17, 15) is 9.59 Å². The minimum atomic E-state index is -0.884. The van der Waals surface area contributed by atoms with Crippen LogP contribution in [0.25, 0.3) is 0 Å². The summed E-state index contributed by atoms with van der Waals surface area (Å²) in [4.78, 5) is 22.9. The largest absolute Gasteiger partial charge is 0.465 e. The molecule has 0 radical (unpaired) electrons. The zero-order chi connectivity index (χ0) is 8.01. The third kappa shape index (κ3) is 0.818. The molecule has 2 bridgehead atoms. The number of piperidine rings is 1. The number of carboxylic acid groups (broad SMARTS) is 1. The number of ketones is 1. The van der Waals surface area contributed by atoms with Crippen LogP contribution >= 0.6 is 0 Å². The van der Waals surface area contributed by atoms with Gasteiger partial charge in [-0.3, -0.25) is 4.79 Å². The highest BCUT2D eigenvalue weighted by Gasteiger charge is 2.45. The third-order valence-electron chi connectivity index (χ3n) is 2.55. The fraction of sp³-hybridized carbons (Fsp3) is 0.714. The Labute approximate surface area is 63.8 Å². The molecule has 4 nitrogen and oxygen atoms in total. The molecule has 0 aromatic rings. The predicted molar refractivity (Wildman–Crippen MR) is 36.2 cm³/mol. The molecule has 2 unspecified atom stereocenters. The molecular formula is C7H9NO3. The predicted octanol–water partition coefficient (Wildman–Crippen LogP) is 0.328. The lowest BCUT2D eigenvalue weighted by Gasteiger charge is -2.22. The summed E-state index contributed by atoms with van der Waals surface area (Å²) < 4.78 is 0. The number of carbonyl (C=O) groups is 2. The molecule has 1 aliphatic carbocycles. The van der Waals surface area contributed by atoms with E-state index in [0.717, 1.165) is 6.42 Å². The van der Waals surface area contributed by atoms with Crippen molar-refractivity contribution in [2.24, 2.45) is 5.92 Å². The summed E-state index contributed by atoms with van der Waals surface area (Å²) in [6.45, 7) is 0.429. The monoisotopic (exact) mass is 155 g/mol. The van der Waals surface area contributed by atoms with Gasteiger partial charge >= 0.3 is 6.09 Å². The molecule has 1 amide bonds. The summed E-state index contributed by atoms with van der Waals surface area (Å²) in [7, 11) is 0. The van der Waals surface area contributed by atoms with Crippen molar-refractivity contribution < 1.29 is 14.7 Å². The van der Waals surface area contributed by atoms with Gasteiger partial charge in [-0.15, -0.1) is 0 Å². The van der Waals surface area contributed by atoms with Gasteiger partial charge in [-0.05, 0) is 6.42 Å². The lowest BCUT2D eigenvalue weighted by Crippen LogP contribution is -2.39. The minimum absolute atomic E-state index is 0.00926. The van der Waals surface area contributed by atoms with Crippen LogP contribution in [0, 0.1) is 5.92 Å². The number of rotatable bonds is 0. The molecule has 2 fully saturated rings. The Bertz CT molecular complexity index is 226. The van der Waals surface area contributed by atoms with Crippen molar-refractivity contribution in [3.63, 3.8) is 0 Å². The second-order valence-corrected chi connectivity index (χ2v) is 3.19. The first-order valence-electron chi connectivity index (χ1n) is 3.71. The second kappa shape index (κ2) is 1.96. The number of hydrogen-bond donors (Lipinski definition) is 1. The Morgan fingerprint density at radius 1 is 1.64 bits per heavy atom. The Morgan fingerprint density at radius 3 is 2.73 bits per heavy atom. The minimum Gasteiger partial charge on any atom is -0.465 e. The Hall–Kier alpha value is -1.06. The van der Waals surface area contributed by atoms with Crippen LogP contribution in [0.3, 0.4) is 0 Å². The molecule has 11 heavy (non-hydrogen) atoms. The van der Waals surface area contributed by atoms with Crippen molar-refractivity contribution in [2.75, 3.05) is 6.54 Å². The molecule has 1 aliphatic heterocycles. The van der Waals surface area contributed by atoms with Crippen LogP contribution < -0.4 is 0 Å². The summed E-state index contributed by atoms with van der Waals surface area (Å²) in [5.41, 5.74) is 0. The number of nitrogens with zero attached hydrogens (tertiary/aromatic N) is 1. The van der Waals surface area contributed by atoms with Gasteiger partial charge in [-0.2, -0.15) is 0 Å². The quantitative estimate of drug-likeness (QED) is 0.548. The molecule has 1 saturated carbocycles. The van der Waals surface area contributed by atoms with Crippen LogP contribution in [0.1, 0.15) is 12.8 Å². The standard InChI is InChI=1S/C7H9NO3/c9-6-2-5-1-4(6)3-8(5)7(10)11/h4-5H,1-3H2,(H,10,11). The lowest BCUT2D eigenvalue weighted by molar-refractivity contribution is -0.122. The highest BCUT2D eigenvalue weighted by Crippen LogP contribution is 2.34. The van der Waals surface area contributed by atoms with E-state index in [0.29, 0.717) is 13.0 Å². The smallest absolute Gasteiger partial charge is 0.407 e. The third-order valence-corrected chi connectivity index (χ3v) is 2.55. The fourth-order valence-electron chi connectivity index (χ4n) is 1.98. The van der Waals surface area contributed by atoms with Crippen LogP contribution in [0.15, 0.2) is 0 Å². The van der Waals surface area contributed by atoms with Gasteiger partial charge in [-0.25, -0.2) is 4.79 Å². The topological polar surface area (TPSA) is 57.6 Å². The van der Waals surface area contributed by atoms with Gasteiger partial charge < -0.3 is 10.0 Å². The second-order valence-electron chi connectivity index (χ2n) is 3.19. The summed E-state index contributed by atoms with van der Waals surface area (Å²) in [6.07, 6.45) is 0.312. The van der Waals surface area contributed by atoms with Crippen molar-refractivity contribution in [3.05, 3.63) is 0 Å². The normalized spacial score (nSPS) is 34.9. The molecular weight excluding hydrogens is 146 g/mol. The Balaban J connectivity index is 2.14. The summed E-state index contributed by atoms with van der Waals surface area (Å²) in [5.74, 6) is 0.253. The van der Waals surface area contributed by atoms with Crippen LogP contribution in [-0.2, 0) is 4.79 Å². The van der Waals surface area contributed by atoms with Crippen molar-refractivity contribution in [3.8, 4) is 0 Å². The fourth-order valence-corrected chi connectivity index (χ4v) is 1.98. The maximum Gasteiger partial charge on any atom is 0.407 e. The number of amides is 1. The van der Waals surface area contributed by atoms with Crippen molar-refractivity contribution in [1.29, 1.82) is 0 Å². The van der Waals surface area contributed by atoms with E-state index < -0.39 is 6.09 Å². The lowest BCUT2D eigenvalue weighted by atomic mass is 10.1. The van der Waals surface area contributed by atoms with Crippen molar-refractivity contribution in [1.82, 2.24) is 4.90 Å². The van der Waals surface area contributed by atoms with Gasteiger partial charge in [0.1, 0.15) is 5.78 Å². The zero-order valence-electron chi connectivity index (χ0n) is 5.99. The van der Waals surface area contributed by atoms with Gasteiger partial charge in [0, 0.05) is 24.9 Å². The van der Waals surface area contributed by atoms with E-state index >= 15 is 0 Å². The molecule has 0 spiro atoms. The molecule has 0 aromatic carbocycles. The van der Waals surface area contributed by atoms with E-state index in [-0.39, 0.29) is 17.7 Å². The first-order valence-corrected chi connectivity index (χ1v) is 3.71. The average Bonchev–Trinajstić information content (AvgIpc) is 2.43. The van der Waals surface area contributed by atoms with E-state index in [1.165, 1.54) is 4.90 Å². The van der Waals surface area contributed by atoms with Crippen LogP contribution in [-0.4, -0.2) is 34.5 Å². The molecule has 1 N–H and O–H groups in total. The number of likely N-dealkylation sites (tertiary alicyclic amines) is 1. The zero-order valence-corrected chi connectivity index (χ0v) is 5.99. The number of Topliss-reactive ketones (excluding diaryl/α,β-unsaturated/α-hetero) is 1. The van der Waals surface area contributed by atoms with Gasteiger partial charge in [0.05, 0.1) is 0 Å². The van der Waals surface area contributed by atoms with Gasteiger partial charge in [0.15, 0.2) is 0 Å². The SMILES string of the molecule is O=C1CC2CC1CN2C(=O)O. The molecule has 60 valence electrons. The van der Waals surface area contributed by atoms with E-state index in [2.05, 4.69) is 0 Å². The molecule has 2 aliphatic rings. The first kappa shape index (κ1) is 6.64. The van der Waals surface area contributed by atoms with Crippen molar-refractivity contribution in [2.45, 2.75) is 18.9 Å². The molecule has 0 aromatic heterocycles. The number of carbonyl (C=O) groups excluding carboxylic acids is 1. The summed E-state index contributed by atoms with van der Waals surface area (Å²) in [6, 6.07) is -0.00926. The molecule has 1 saturated heterocycles. The van der Waals surface area contributed by atoms with Crippen LogP contribution in [0.2, 0.25) is 0 Å². The van der Waals surface area contributed by atoms with Gasteiger partial charge in [0.25, 0.3) is 0 Å². The summed E-state index contributed by atoms with van der Waals surface area (Å²) in [5, 5.41) is 8.64. The van der Waals surface area contributed by atoms with Crippen LogP contribution in [0.4, 0.5) is 4.79 Å². The van der Waals surface area contributed by atoms with E-state index in [4.69, 9.17) is 5.11 Å². The van der Waals surface area contributed by atoms with E-state index in [1.807, 2.05) is 0 Å². The van der Waals surface area contributed by atoms with Crippen molar-refractivity contribution >= 4 is 11.9 Å². The maximum atomic E-state index is 11.0. The van der Waals surface area contributed by atoms with E-state index in [1.54, 1.807) is 0 Å². The summed E-state index contributed by atoms with van der Waals surface area (Å²) >= 11 is 0. The molecule has 2 atom stereocenters. The molecule has 1 heterocycles.